The summed E-state index contributed by atoms with van der Waals surface area (Å²) < 4.78 is 40.6. The van der Waals surface area contributed by atoms with E-state index >= 15 is 0 Å². The molecule has 8 heteroatoms. The summed E-state index contributed by atoms with van der Waals surface area (Å²) in [6, 6.07) is 2.99. The Hall–Kier alpha value is -0.790. The van der Waals surface area contributed by atoms with E-state index in [2.05, 4.69) is 5.32 Å². The molecule has 0 amide bonds. The average molecular weight is 316 g/mol. The maximum absolute atomic E-state index is 11.9. The fourth-order valence-corrected chi connectivity index (χ4v) is 2.09. The van der Waals surface area contributed by atoms with E-state index in [-0.39, 0.29) is 42.1 Å². The van der Waals surface area contributed by atoms with Crippen molar-refractivity contribution in [3.05, 3.63) is 22.7 Å². The van der Waals surface area contributed by atoms with Crippen LogP contribution in [-0.2, 0) is 6.54 Å². The monoisotopic (exact) mass is 315 g/mol. The quantitative estimate of drug-likeness (QED) is 0.790. The molecule has 3 nitrogen and oxygen atoms in total. The molecule has 1 aromatic carbocycles. The topological polar surface area (TPSA) is 41.5 Å². The third-order valence-electron chi connectivity index (χ3n) is 2.20. The van der Waals surface area contributed by atoms with Crippen molar-refractivity contribution in [1.29, 1.82) is 0 Å². The van der Waals surface area contributed by atoms with Crippen molar-refractivity contribution >= 4 is 23.4 Å². The van der Waals surface area contributed by atoms with E-state index in [9.17, 15) is 18.3 Å². The molecule has 0 aliphatic heterocycles. The van der Waals surface area contributed by atoms with Crippen LogP contribution in [0.4, 0.5) is 13.2 Å². The maximum Gasteiger partial charge on any atom is 0.441 e. The van der Waals surface area contributed by atoms with Gasteiger partial charge in [-0.05, 0) is 17.8 Å². The number of nitrogens with one attached hydrogen (secondary N) is 1. The van der Waals surface area contributed by atoms with Crippen molar-refractivity contribution in [2.75, 3.05) is 19.4 Å². The molecule has 0 fully saturated rings. The maximum atomic E-state index is 11.9. The number of hydrogen-bond acceptors (Lipinski definition) is 4. The lowest BCUT2D eigenvalue weighted by Gasteiger charge is -2.11. The number of aromatic hydroxyl groups is 1. The molecular formula is C11H13ClF3NO2S. The lowest BCUT2D eigenvalue weighted by atomic mass is 10.2. The highest BCUT2D eigenvalue weighted by Crippen LogP contribution is 2.33. The molecule has 0 saturated carbocycles. The standard InChI is InChI=1S/C11H13ClF3NO2S/c1-18-9-5-8(12)4-7(10(9)17)6-16-2-3-19-11(13,14)15/h4-5,16-17H,2-3,6H2,1H3. The summed E-state index contributed by atoms with van der Waals surface area (Å²) in [6.45, 7) is 0.375. The Kier molecular flexibility index (Phi) is 6.09. The Bertz CT molecular complexity index is 429. The first kappa shape index (κ1) is 16.3. The van der Waals surface area contributed by atoms with E-state index in [1.54, 1.807) is 0 Å². The van der Waals surface area contributed by atoms with Crippen molar-refractivity contribution in [3.63, 3.8) is 0 Å². The SMILES string of the molecule is COc1cc(Cl)cc(CNCCSC(F)(F)F)c1O. The largest absolute Gasteiger partial charge is 0.504 e. The molecule has 2 N–H and O–H groups in total. The van der Waals surface area contributed by atoms with Crippen molar-refractivity contribution in [3.8, 4) is 11.5 Å². The van der Waals surface area contributed by atoms with Crippen LogP contribution in [0.3, 0.4) is 0 Å². The average Bonchev–Trinajstić information content (AvgIpc) is 2.31. The van der Waals surface area contributed by atoms with Crippen LogP contribution in [0.25, 0.3) is 0 Å². The second-order valence-corrected chi connectivity index (χ2v) is 5.18. The lowest BCUT2D eigenvalue weighted by molar-refractivity contribution is -0.0327. The van der Waals surface area contributed by atoms with Crippen molar-refractivity contribution in [1.82, 2.24) is 5.32 Å². The van der Waals surface area contributed by atoms with Crippen LogP contribution in [-0.4, -0.2) is 30.0 Å². The fraction of sp³-hybridized carbons (Fsp3) is 0.455. The van der Waals surface area contributed by atoms with E-state index in [4.69, 9.17) is 16.3 Å². The number of thioether (sulfide) groups is 1. The zero-order valence-electron chi connectivity index (χ0n) is 10.1. The lowest BCUT2D eigenvalue weighted by Crippen LogP contribution is -2.18. The Morgan fingerprint density at radius 2 is 2.11 bits per heavy atom. The first-order valence-corrected chi connectivity index (χ1v) is 6.66. The van der Waals surface area contributed by atoms with Gasteiger partial charge in [0.25, 0.3) is 0 Å². The second-order valence-electron chi connectivity index (χ2n) is 3.59. The summed E-state index contributed by atoms with van der Waals surface area (Å²) >= 11 is 5.74. The molecule has 0 atom stereocenters. The Morgan fingerprint density at radius 1 is 1.42 bits per heavy atom. The minimum Gasteiger partial charge on any atom is -0.504 e. The van der Waals surface area contributed by atoms with Gasteiger partial charge in [0.05, 0.1) is 7.11 Å². The van der Waals surface area contributed by atoms with E-state index < -0.39 is 5.51 Å². The van der Waals surface area contributed by atoms with Gasteiger partial charge in [-0.25, -0.2) is 0 Å². The number of benzene rings is 1. The predicted octanol–water partition coefficient (Wildman–Crippen LogP) is 3.40. The zero-order valence-corrected chi connectivity index (χ0v) is 11.6. The number of hydrogen-bond donors (Lipinski definition) is 2. The first-order chi connectivity index (χ1) is 8.83. The van der Waals surface area contributed by atoms with Crippen LogP contribution < -0.4 is 10.1 Å². The Morgan fingerprint density at radius 3 is 2.68 bits per heavy atom. The third kappa shape index (κ3) is 5.80. The van der Waals surface area contributed by atoms with Crippen LogP contribution in [0.15, 0.2) is 12.1 Å². The molecule has 0 radical (unpaired) electrons. The van der Waals surface area contributed by atoms with Gasteiger partial charge in [-0.15, -0.1) is 0 Å². The molecular weight excluding hydrogens is 303 g/mol. The van der Waals surface area contributed by atoms with Crippen LogP contribution >= 0.6 is 23.4 Å². The van der Waals surface area contributed by atoms with Crippen LogP contribution in [0, 0.1) is 0 Å². The van der Waals surface area contributed by atoms with Crippen molar-refractivity contribution in [2.45, 2.75) is 12.1 Å². The zero-order chi connectivity index (χ0) is 14.5. The summed E-state index contributed by atoms with van der Waals surface area (Å²) in [6.07, 6.45) is 0. The van der Waals surface area contributed by atoms with Crippen molar-refractivity contribution < 1.29 is 23.0 Å². The summed E-state index contributed by atoms with van der Waals surface area (Å²) in [5, 5.41) is 13.0. The molecule has 0 aromatic heterocycles. The first-order valence-electron chi connectivity index (χ1n) is 5.30. The predicted molar refractivity (Wildman–Crippen MR) is 69.9 cm³/mol. The van der Waals surface area contributed by atoms with E-state index in [1.807, 2.05) is 0 Å². The van der Waals surface area contributed by atoms with Crippen LogP contribution in [0.5, 0.6) is 11.5 Å². The summed E-state index contributed by atoms with van der Waals surface area (Å²) in [5.74, 6) is 0.0685. The summed E-state index contributed by atoms with van der Waals surface area (Å²) in [5.41, 5.74) is -3.75. The number of alkyl halides is 3. The third-order valence-corrected chi connectivity index (χ3v) is 3.15. The molecule has 0 bridgehead atoms. The van der Waals surface area contributed by atoms with E-state index in [0.717, 1.165) is 0 Å². The van der Waals surface area contributed by atoms with Gasteiger partial charge in [0.15, 0.2) is 11.5 Å². The molecule has 0 aliphatic carbocycles. The second kappa shape index (κ2) is 7.12. The highest BCUT2D eigenvalue weighted by molar-refractivity contribution is 8.00. The van der Waals surface area contributed by atoms with Gasteiger partial charge >= 0.3 is 5.51 Å². The van der Waals surface area contributed by atoms with Crippen LogP contribution in [0.2, 0.25) is 5.02 Å². The summed E-state index contributed by atoms with van der Waals surface area (Å²) in [4.78, 5) is 0. The molecule has 1 rings (SSSR count). The minimum atomic E-state index is -4.22. The van der Waals surface area contributed by atoms with Gasteiger partial charge in [0.1, 0.15) is 0 Å². The Labute approximate surface area is 118 Å². The van der Waals surface area contributed by atoms with Crippen molar-refractivity contribution in [2.24, 2.45) is 0 Å². The molecule has 0 saturated heterocycles. The number of phenols is 1. The van der Waals surface area contributed by atoms with Gasteiger partial charge in [-0.3, -0.25) is 0 Å². The van der Waals surface area contributed by atoms with Crippen LogP contribution in [0.1, 0.15) is 5.56 Å². The van der Waals surface area contributed by atoms with Gasteiger partial charge in [-0.2, -0.15) is 13.2 Å². The van der Waals surface area contributed by atoms with Gasteiger partial charge in [-0.1, -0.05) is 11.6 Å². The molecule has 0 heterocycles. The molecule has 0 spiro atoms. The molecule has 19 heavy (non-hydrogen) atoms. The van der Waals surface area contributed by atoms with E-state index in [1.165, 1.54) is 19.2 Å². The molecule has 0 aliphatic rings. The van der Waals surface area contributed by atoms with E-state index in [0.29, 0.717) is 10.6 Å². The number of ether oxygens (including phenoxy) is 1. The number of halogens is 4. The number of rotatable bonds is 6. The normalized spacial score (nSPS) is 11.6. The van der Waals surface area contributed by atoms with Gasteiger partial charge in [0, 0.05) is 35.5 Å². The highest BCUT2D eigenvalue weighted by Gasteiger charge is 2.27. The minimum absolute atomic E-state index is 0.0668. The smallest absolute Gasteiger partial charge is 0.441 e. The number of methoxy groups -OCH3 is 1. The molecule has 0 unspecified atom stereocenters. The Balaban J connectivity index is 2.47. The molecule has 1 aromatic rings. The highest BCUT2D eigenvalue weighted by atomic mass is 35.5. The van der Waals surface area contributed by atoms with Gasteiger partial charge in [0.2, 0.25) is 0 Å². The van der Waals surface area contributed by atoms with Gasteiger partial charge < -0.3 is 15.2 Å². The summed E-state index contributed by atoms with van der Waals surface area (Å²) in [7, 11) is 1.39. The number of phenolic OH excluding ortho intramolecular Hbond substituents is 1. The molecule has 108 valence electrons. The fourth-order valence-electron chi connectivity index (χ4n) is 1.38.